The van der Waals surface area contributed by atoms with Gasteiger partial charge in [-0.25, -0.2) is 23.2 Å². The maximum atomic E-state index is 13.0. The number of hydrogen-bond donors (Lipinski definition) is 1. The van der Waals surface area contributed by atoms with Gasteiger partial charge in [-0.2, -0.15) is 5.26 Å². The Morgan fingerprint density at radius 3 is 2.64 bits per heavy atom. The highest BCUT2D eigenvalue weighted by molar-refractivity contribution is 7.91. The number of hydrogen-bond acceptors (Lipinski definition) is 9. The molecule has 45 heavy (non-hydrogen) atoms. The van der Waals surface area contributed by atoms with Crippen LogP contribution >= 0.6 is 0 Å². The number of carbonyl (C=O) groups is 1. The Morgan fingerprint density at radius 2 is 2.02 bits per heavy atom. The summed E-state index contributed by atoms with van der Waals surface area (Å²) < 4.78 is 39.5. The zero-order chi connectivity index (χ0) is 33.2. The molecule has 0 saturated carbocycles. The van der Waals surface area contributed by atoms with Gasteiger partial charge in [-0.15, -0.1) is 0 Å². The molecule has 3 heterocycles. The van der Waals surface area contributed by atoms with E-state index < -0.39 is 23.5 Å². The fraction of sp³-hybridized carbons (Fsp3) is 0.500. The fourth-order valence-corrected chi connectivity index (χ4v) is 7.10. The van der Waals surface area contributed by atoms with Gasteiger partial charge in [0.1, 0.15) is 23.3 Å². The lowest BCUT2D eigenvalue weighted by Crippen LogP contribution is -2.47. The number of nitriles is 1. The Morgan fingerprint density at radius 1 is 1.29 bits per heavy atom. The standard InChI is InChI=1S/C32H44N6O5SSi/c1-9-22-18-34-30(35-24-11-10-14-37(19-24)31(39)43-32(2,3)4)36-27(22)26-20-38(21-42-15-16-45(6,7)8)28-25(26)13-12-23(17-33)29(28)44(5,40)41/h9,12-13,18,20,24H,1,10-11,14-16,19,21H2,2-8H3,(H,34,35,36)/t24-/m0/s1. The van der Waals surface area contributed by atoms with Crippen molar-refractivity contribution in [2.45, 2.75) is 82.6 Å². The Bertz CT molecular complexity index is 1730. The SMILES string of the molecule is C=Cc1cnc(N[C@H]2CCCN(C(=O)OC(C)(C)C)C2)nc1-c1cn(COCC[Si](C)(C)C)c2c(S(C)(=O)=O)c(C#N)ccc12. The number of carbonyl (C=O) groups excluding carboxylic acids is 1. The van der Waals surface area contributed by atoms with E-state index in [2.05, 4.69) is 36.5 Å². The topological polar surface area (TPSA) is 139 Å². The van der Waals surface area contributed by atoms with Gasteiger partial charge in [-0.3, -0.25) is 0 Å². The first kappa shape index (κ1) is 34.1. The summed E-state index contributed by atoms with van der Waals surface area (Å²) in [7, 11) is -5.13. The van der Waals surface area contributed by atoms with Gasteiger partial charge < -0.3 is 24.3 Å². The third-order valence-corrected chi connectivity index (χ3v) is 10.3. The van der Waals surface area contributed by atoms with E-state index in [1.54, 1.807) is 27.8 Å². The predicted octanol–water partition coefficient (Wildman–Crippen LogP) is 6.14. The highest BCUT2D eigenvalue weighted by Gasteiger charge is 2.29. The number of rotatable bonds is 10. The second-order valence-electron chi connectivity index (χ2n) is 13.7. The van der Waals surface area contributed by atoms with Crippen LogP contribution < -0.4 is 5.32 Å². The number of amides is 1. The number of likely N-dealkylation sites (tertiary alicyclic amines) is 1. The molecular weight excluding hydrogens is 609 g/mol. The van der Waals surface area contributed by atoms with Crippen LogP contribution in [0.3, 0.4) is 0 Å². The quantitative estimate of drug-likeness (QED) is 0.202. The number of nitrogens with one attached hydrogen (secondary N) is 1. The number of ether oxygens (including phenoxy) is 2. The minimum atomic E-state index is -3.78. The van der Waals surface area contributed by atoms with Crippen molar-refractivity contribution in [1.82, 2.24) is 19.4 Å². The molecule has 1 aliphatic heterocycles. The van der Waals surface area contributed by atoms with Crippen molar-refractivity contribution in [2.24, 2.45) is 0 Å². The van der Waals surface area contributed by atoms with Gasteiger partial charge in [0.15, 0.2) is 9.84 Å². The summed E-state index contributed by atoms with van der Waals surface area (Å²) in [6.45, 7) is 18.0. The first-order chi connectivity index (χ1) is 21.0. The minimum Gasteiger partial charge on any atom is -0.444 e. The molecule has 0 radical (unpaired) electrons. The maximum absolute atomic E-state index is 13.0. The number of nitrogens with zero attached hydrogens (tertiary/aromatic N) is 5. The van der Waals surface area contributed by atoms with Gasteiger partial charge >= 0.3 is 6.09 Å². The van der Waals surface area contributed by atoms with Crippen LogP contribution in [0.25, 0.3) is 28.2 Å². The molecular formula is C32H44N6O5SSi. The molecule has 3 aromatic rings. The van der Waals surface area contributed by atoms with Crippen LogP contribution in [-0.4, -0.2) is 79.6 Å². The van der Waals surface area contributed by atoms with Crippen molar-refractivity contribution in [3.8, 4) is 17.3 Å². The van der Waals surface area contributed by atoms with E-state index in [9.17, 15) is 18.5 Å². The second-order valence-corrected chi connectivity index (χ2v) is 21.3. The third-order valence-electron chi connectivity index (χ3n) is 7.41. The summed E-state index contributed by atoms with van der Waals surface area (Å²) in [6, 6.07) is 6.18. The molecule has 1 aliphatic rings. The largest absolute Gasteiger partial charge is 0.444 e. The summed E-state index contributed by atoms with van der Waals surface area (Å²) in [5.41, 5.74) is 1.75. The van der Waals surface area contributed by atoms with E-state index in [4.69, 9.17) is 14.5 Å². The van der Waals surface area contributed by atoms with Gasteiger partial charge in [-0.1, -0.05) is 38.4 Å². The minimum absolute atomic E-state index is 0.0421. The Balaban J connectivity index is 1.74. The fourth-order valence-electron chi connectivity index (χ4n) is 5.25. The molecule has 2 aromatic heterocycles. The molecule has 1 amide bonds. The summed E-state index contributed by atoms with van der Waals surface area (Å²) in [5.74, 6) is 0.371. The van der Waals surface area contributed by atoms with Crippen LogP contribution in [0, 0.1) is 11.3 Å². The van der Waals surface area contributed by atoms with Crippen LogP contribution in [-0.2, 0) is 26.0 Å². The Kier molecular flexibility index (Phi) is 10.1. The maximum Gasteiger partial charge on any atom is 0.410 e. The monoisotopic (exact) mass is 652 g/mol. The highest BCUT2D eigenvalue weighted by atomic mass is 32.2. The smallest absolute Gasteiger partial charge is 0.410 e. The van der Waals surface area contributed by atoms with E-state index >= 15 is 0 Å². The third kappa shape index (κ3) is 8.50. The predicted molar refractivity (Wildman–Crippen MR) is 179 cm³/mol. The lowest BCUT2D eigenvalue weighted by molar-refractivity contribution is 0.0206. The normalized spacial score (nSPS) is 16.0. The van der Waals surface area contributed by atoms with Gasteiger partial charge in [0.2, 0.25) is 5.95 Å². The first-order valence-corrected chi connectivity index (χ1v) is 20.7. The lowest BCUT2D eigenvalue weighted by Gasteiger charge is -2.34. The van der Waals surface area contributed by atoms with Crippen molar-refractivity contribution in [3.63, 3.8) is 0 Å². The molecule has 1 saturated heterocycles. The molecule has 1 atom stereocenters. The molecule has 0 spiro atoms. The van der Waals surface area contributed by atoms with E-state index in [1.165, 1.54) is 6.07 Å². The molecule has 0 aliphatic carbocycles. The number of sulfone groups is 1. The first-order valence-electron chi connectivity index (χ1n) is 15.1. The molecule has 13 heteroatoms. The van der Waals surface area contributed by atoms with Gasteiger partial charge in [0, 0.05) is 69.0 Å². The number of benzene rings is 1. The molecule has 0 unspecified atom stereocenters. The van der Waals surface area contributed by atoms with Gasteiger partial charge in [0.25, 0.3) is 0 Å². The molecule has 11 nitrogen and oxygen atoms in total. The van der Waals surface area contributed by atoms with Crippen LogP contribution in [0.1, 0.15) is 44.7 Å². The van der Waals surface area contributed by atoms with Gasteiger partial charge in [0.05, 0.1) is 16.8 Å². The van der Waals surface area contributed by atoms with Crippen molar-refractivity contribution in [3.05, 3.63) is 42.2 Å². The molecule has 1 fully saturated rings. The Hall–Kier alpha value is -3.73. The van der Waals surface area contributed by atoms with Crippen LogP contribution in [0.2, 0.25) is 25.7 Å². The zero-order valence-corrected chi connectivity index (χ0v) is 29.1. The molecule has 0 bridgehead atoms. The summed E-state index contributed by atoms with van der Waals surface area (Å²) >= 11 is 0. The van der Waals surface area contributed by atoms with Crippen LogP contribution in [0.4, 0.5) is 10.7 Å². The van der Waals surface area contributed by atoms with E-state index in [0.717, 1.165) is 25.1 Å². The summed E-state index contributed by atoms with van der Waals surface area (Å²) in [4.78, 5) is 23.8. The number of aromatic nitrogens is 3. The molecule has 1 aromatic carbocycles. The Labute approximate surface area is 267 Å². The van der Waals surface area contributed by atoms with E-state index in [-0.39, 0.29) is 29.3 Å². The molecule has 1 N–H and O–H groups in total. The lowest BCUT2D eigenvalue weighted by atomic mass is 10.0. The molecule has 242 valence electrons. The number of piperidine rings is 1. The second kappa shape index (κ2) is 13.3. The average molecular weight is 653 g/mol. The zero-order valence-electron chi connectivity index (χ0n) is 27.3. The summed E-state index contributed by atoms with van der Waals surface area (Å²) in [6.07, 6.45) is 7.52. The van der Waals surface area contributed by atoms with Crippen LogP contribution in [0.5, 0.6) is 0 Å². The van der Waals surface area contributed by atoms with Crippen molar-refractivity contribution >= 4 is 46.9 Å². The molecule has 4 rings (SSSR count). The number of fused-ring (bicyclic) bond motifs is 1. The van der Waals surface area contributed by atoms with E-state index in [1.807, 2.05) is 33.0 Å². The highest BCUT2D eigenvalue weighted by Crippen LogP contribution is 2.37. The van der Waals surface area contributed by atoms with E-state index in [0.29, 0.717) is 53.4 Å². The number of anilines is 1. The summed E-state index contributed by atoms with van der Waals surface area (Å²) in [5, 5.41) is 13.8. The van der Waals surface area contributed by atoms with Crippen molar-refractivity contribution in [1.29, 1.82) is 5.26 Å². The van der Waals surface area contributed by atoms with Crippen molar-refractivity contribution < 1.29 is 22.7 Å². The van der Waals surface area contributed by atoms with Gasteiger partial charge in [-0.05, 0) is 45.7 Å². The average Bonchev–Trinajstić information content (AvgIpc) is 3.31. The van der Waals surface area contributed by atoms with Crippen molar-refractivity contribution in [2.75, 3.05) is 31.3 Å². The van der Waals surface area contributed by atoms with Crippen LogP contribution in [0.15, 0.2) is 36.0 Å².